The van der Waals surface area contributed by atoms with Gasteiger partial charge in [-0.1, -0.05) is 29.5 Å². The summed E-state index contributed by atoms with van der Waals surface area (Å²) in [6.45, 7) is 9.27. The van der Waals surface area contributed by atoms with Gasteiger partial charge in [0.1, 0.15) is 17.5 Å². The van der Waals surface area contributed by atoms with Crippen molar-refractivity contribution >= 4 is 23.8 Å². The maximum Gasteiger partial charge on any atom is 0.414 e. The fourth-order valence-electron chi connectivity index (χ4n) is 4.24. The third kappa shape index (κ3) is 6.93. The fraction of sp³-hybridized carbons (Fsp3) is 0.393. The van der Waals surface area contributed by atoms with Crippen LogP contribution in [0.4, 0.5) is 19.7 Å². The third-order valence-electron chi connectivity index (χ3n) is 6.31. The number of ether oxygens (including phenoxy) is 2. The van der Waals surface area contributed by atoms with Crippen LogP contribution < -0.4 is 10.2 Å². The number of benzene rings is 2. The number of H-pyrrole nitrogens is 1. The number of nitrogens with zero attached hydrogens (tertiary/aromatic N) is 4. The summed E-state index contributed by atoms with van der Waals surface area (Å²) in [6.07, 6.45) is -0.0384. The van der Waals surface area contributed by atoms with Crippen molar-refractivity contribution in [3.63, 3.8) is 0 Å². The van der Waals surface area contributed by atoms with Gasteiger partial charge in [0.05, 0.1) is 36.7 Å². The highest BCUT2D eigenvalue weighted by Gasteiger charge is 2.33. The number of cyclic esters (lactones) is 1. The second kappa shape index (κ2) is 11.7. The highest BCUT2D eigenvalue weighted by molar-refractivity contribution is 5.90. The van der Waals surface area contributed by atoms with Gasteiger partial charge in [-0.05, 0) is 57.0 Å². The van der Waals surface area contributed by atoms with Crippen molar-refractivity contribution in [1.29, 1.82) is 0 Å². The number of anilines is 1. The van der Waals surface area contributed by atoms with Crippen LogP contribution in [0.3, 0.4) is 0 Å². The molecule has 1 aliphatic heterocycles. The van der Waals surface area contributed by atoms with Crippen LogP contribution in [0.2, 0.25) is 0 Å². The standard InChI is InChI=1S/C28H33FN6O5/c1-17(25-14-31-33-32-25)34(27(38)40-28(3,4)5)15-19-6-8-20(9-7-19)23-11-10-21(12-24(23)29)35-16-22(39-26(35)37)13-30-18(2)36/h6-12,14,17,22H,13,15-16H2,1-5H3,(H,30,36)(H,31,32,33)/t17?,22-/m0/s1. The summed E-state index contributed by atoms with van der Waals surface area (Å²) in [5, 5.41) is 13.0. The summed E-state index contributed by atoms with van der Waals surface area (Å²) in [5.41, 5.74) is 2.16. The van der Waals surface area contributed by atoms with Crippen LogP contribution in [0.15, 0.2) is 48.7 Å². The van der Waals surface area contributed by atoms with Crippen LogP contribution in [-0.4, -0.2) is 63.2 Å². The first-order chi connectivity index (χ1) is 18.9. The van der Waals surface area contributed by atoms with Gasteiger partial charge in [-0.2, -0.15) is 0 Å². The molecule has 2 atom stereocenters. The quantitative estimate of drug-likeness (QED) is 0.419. The second-order valence-electron chi connectivity index (χ2n) is 10.6. The van der Waals surface area contributed by atoms with Crippen LogP contribution in [-0.2, 0) is 20.8 Å². The zero-order valence-corrected chi connectivity index (χ0v) is 23.1. The molecule has 2 aromatic carbocycles. The van der Waals surface area contributed by atoms with E-state index in [0.29, 0.717) is 22.5 Å². The van der Waals surface area contributed by atoms with Crippen molar-refractivity contribution in [2.45, 2.75) is 58.9 Å². The van der Waals surface area contributed by atoms with E-state index in [1.807, 2.05) is 19.1 Å². The average Bonchev–Trinajstić information content (AvgIpc) is 3.55. The fourth-order valence-corrected chi connectivity index (χ4v) is 4.24. The Hall–Kier alpha value is -4.48. The van der Waals surface area contributed by atoms with Gasteiger partial charge in [0.2, 0.25) is 5.91 Å². The van der Waals surface area contributed by atoms with Crippen LogP contribution in [0.5, 0.6) is 0 Å². The predicted octanol–water partition coefficient (Wildman–Crippen LogP) is 4.57. The second-order valence-corrected chi connectivity index (χ2v) is 10.6. The van der Waals surface area contributed by atoms with E-state index < -0.39 is 29.7 Å². The number of hydrogen-bond donors (Lipinski definition) is 2. The number of nitrogens with one attached hydrogen (secondary N) is 2. The number of aromatic nitrogens is 3. The van der Waals surface area contributed by atoms with Crippen molar-refractivity contribution in [3.8, 4) is 11.1 Å². The summed E-state index contributed by atoms with van der Waals surface area (Å²) < 4.78 is 26.1. The van der Waals surface area contributed by atoms with E-state index in [4.69, 9.17) is 9.47 Å². The summed E-state index contributed by atoms with van der Waals surface area (Å²) in [6, 6.07) is 11.4. The molecule has 2 N–H and O–H groups in total. The van der Waals surface area contributed by atoms with Crippen molar-refractivity contribution < 1.29 is 28.2 Å². The van der Waals surface area contributed by atoms with Crippen molar-refractivity contribution in [3.05, 3.63) is 65.7 Å². The molecule has 1 unspecified atom stereocenters. The van der Waals surface area contributed by atoms with Gasteiger partial charge >= 0.3 is 12.2 Å². The van der Waals surface area contributed by atoms with E-state index in [1.54, 1.807) is 56.1 Å². The molecule has 4 rings (SSSR count). The average molecular weight is 553 g/mol. The van der Waals surface area contributed by atoms with Gasteiger partial charge in [-0.3, -0.25) is 19.7 Å². The van der Waals surface area contributed by atoms with Gasteiger partial charge < -0.3 is 14.8 Å². The van der Waals surface area contributed by atoms with Gasteiger partial charge in [-0.25, -0.2) is 14.0 Å². The highest BCUT2D eigenvalue weighted by atomic mass is 19.1. The Morgan fingerprint density at radius 2 is 1.98 bits per heavy atom. The van der Waals surface area contributed by atoms with Crippen LogP contribution in [0.1, 0.15) is 51.9 Å². The van der Waals surface area contributed by atoms with Gasteiger partial charge in [0.15, 0.2) is 0 Å². The molecule has 212 valence electrons. The number of amides is 3. The molecule has 0 aliphatic carbocycles. The van der Waals surface area contributed by atoms with Gasteiger partial charge in [0.25, 0.3) is 0 Å². The summed E-state index contributed by atoms with van der Waals surface area (Å²) in [5.74, 6) is -0.725. The summed E-state index contributed by atoms with van der Waals surface area (Å²) in [7, 11) is 0. The number of carbonyl (C=O) groups is 3. The van der Waals surface area contributed by atoms with E-state index >= 15 is 4.39 Å². The Morgan fingerprint density at radius 3 is 2.58 bits per heavy atom. The Kier molecular flexibility index (Phi) is 8.36. The van der Waals surface area contributed by atoms with E-state index in [2.05, 4.69) is 20.7 Å². The molecule has 3 aromatic rings. The molecule has 3 amide bonds. The monoisotopic (exact) mass is 552 g/mol. The molecule has 11 nitrogen and oxygen atoms in total. The highest BCUT2D eigenvalue weighted by Crippen LogP contribution is 2.30. The molecule has 1 saturated heterocycles. The minimum atomic E-state index is -0.674. The zero-order chi connectivity index (χ0) is 29.0. The molecule has 0 bridgehead atoms. The molecule has 0 radical (unpaired) electrons. The molecular formula is C28H33FN6O5. The van der Waals surface area contributed by atoms with E-state index in [9.17, 15) is 14.4 Å². The minimum absolute atomic E-state index is 0.188. The third-order valence-corrected chi connectivity index (χ3v) is 6.31. The summed E-state index contributed by atoms with van der Waals surface area (Å²) >= 11 is 0. The van der Waals surface area contributed by atoms with E-state index in [-0.39, 0.29) is 31.6 Å². The molecule has 2 heterocycles. The SMILES string of the molecule is CC(=O)NC[C@H]1CN(c2ccc(-c3ccc(CN(C(=O)OC(C)(C)C)C(C)c4cnn[nH]4)cc3)c(F)c2)C(=O)O1. The van der Waals surface area contributed by atoms with Crippen LogP contribution in [0, 0.1) is 5.82 Å². The molecule has 1 aliphatic rings. The number of hydrogen-bond acceptors (Lipinski definition) is 7. The number of aromatic amines is 1. The molecule has 0 saturated carbocycles. The minimum Gasteiger partial charge on any atom is -0.444 e. The first-order valence-corrected chi connectivity index (χ1v) is 12.9. The first-order valence-electron chi connectivity index (χ1n) is 12.9. The maximum atomic E-state index is 15.2. The Morgan fingerprint density at radius 1 is 1.25 bits per heavy atom. The Labute approximate surface area is 231 Å². The maximum absolute atomic E-state index is 15.2. The largest absolute Gasteiger partial charge is 0.444 e. The lowest BCUT2D eigenvalue weighted by Gasteiger charge is -2.31. The smallest absolute Gasteiger partial charge is 0.414 e. The lowest BCUT2D eigenvalue weighted by molar-refractivity contribution is -0.119. The molecule has 0 spiro atoms. The Balaban J connectivity index is 1.48. The molecule has 1 aromatic heterocycles. The zero-order valence-electron chi connectivity index (χ0n) is 23.1. The molecular weight excluding hydrogens is 519 g/mol. The predicted molar refractivity (Wildman–Crippen MR) is 145 cm³/mol. The van der Waals surface area contributed by atoms with Crippen LogP contribution >= 0.6 is 0 Å². The van der Waals surface area contributed by atoms with Crippen LogP contribution in [0.25, 0.3) is 11.1 Å². The molecule has 12 heteroatoms. The van der Waals surface area contributed by atoms with E-state index in [0.717, 1.165) is 5.56 Å². The number of rotatable bonds is 8. The lowest BCUT2D eigenvalue weighted by Crippen LogP contribution is -2.38. The van der Waals surface area contributed by atoms with E-state index in [1.165, 1.54) is 17.9 Å². The normalized spacial score (nSPS) is 15.9. The van der Waals surface area contributed by atoms with Crippen molar-refractivity contribution in [2.75, 3.05) is 18.0 Å². The van der Waals surface area contributed by atoms with Gasteiger partial charge in [0, 0.05) is 19.0 Å². The lowest BCUT2D eigenvalue weighted by atomic mass is 10.0. The molecule has 1 fully saturated rings. The first kappa shape index (κ1) is 28.5. The Bertz CT molecular complexity index is 1360. The van der Waals surface area contributed by atoms with Gasteiger partial charge in [-0.15, -0.1) is 5.10 Å². The number of halogens is 1. The van der Waals surface area contributed by atoms with Crippen molar-refractivity contribution in [2.24, 2.45) is 0 Å². The topological polar surface area (TPSA) is 130 Å². The van der Waals surface area contributed by atoms with Crippen molar-refractivity contribution in [1.82, 2.24) is 25.6 Å². The summed E-state index contributed by atoms with van der Waals surface area (Å²) in [4.78, 5) is 39.4. The number of carbonyl (C=O) groups excluding carboxylic acids is 3. The molecule has 40 heavy (non-hydrogen) atoms.